The highest BCUT2D eigenvalue weighted by Gasteiger charge is 2.64. The van der Waals surface area contributed by atoms with Gasteiger partial charge in [0.25, 0.3) is 0 Å². The van der Waals surface area contributed by atoms with E-state index in [-0.39, 0.29) is 13.1 Å². The number of nitrogens with zero attached hydrogens (tertiary/aromatic N) is 1. The van der Waals surface area contributed by atoms with E-state index in [1.54, 1.807) is 0 Å². The lowest BCUT2D eigenvalue weighted by molar-refractivity contribution is -0.227. The molecule has 1 heterocycles. The van der Waals surface area contributed by atoms with Crippen LogP contribution >= 0.6 is 0 Å². The summed E-state index contributed by atoms with van der Waals surface area (Å²) in [6.45, 7) is 0.535. The Labute approximate surface area is 114 Å². The molecule has 0 aromatic heterocycles. The van der Waals surface area contributed by atoms with Crippen molar-refractivity contribution in [2.24, 2.45) is 5.41 Å². The smallest absolute Gasteiger partial charge is 0.406 e. The van der Waals surface area contributed by atoms with Crippen molar-refractivity contribution in [1.29, 1.82) is 0 Å². The lowest BCUT2D eigenvalue weighted by atomic mass is 9.86. The number of hydrogen-bond acceptors (Lipinski definition) is 3. The van der Waals surface area contributed by atoms with Crippen molar-refractivity contribution in [1.82, 2.24) is 10.2 Å². The fourth-order valence-electron chi connectivity index (χ4n) is 2.15. The highest BCUT2D eigenvalue weighted by atomic mass is 19.4. The third-order valence-corrected chi connectivity index (χ3v) is 3.54. The number of carboxylic acid groups (broad SMARTS) is 1. The van der Waals surface area contributed by atoms with E-state index < -0.39 is 42.5 Å². The molecule has 2 atom stereocenters. The summed E-state index contributed by atoms with van der Waals surface area (Å²) in [7, 11) is 0. The molecule has 2 N–H and O–H groups in total. The van der Waals surface area contributed by atoms with Crippen LogP contribution in [0.2, 0.25) is 0 Å². The van der Waals surface area contributed by atoms with Crippen LogP contribution in [0.25, 0.3) is 0 Å². The number of rotatable bonds is 4. The number of carbonyl (C=O) groups is 2. The highest BCUT2D eigenvalue weighted by Crippen LogP contribution is 2.46. The van der Waals surface area contributed by atoms with E-state index in [1.807, 2.05) is 0 Å². The number of terminal acetylenes is 1. The minimum absolute atomic E-state index is 0.0274. The van der Waals surface area contributed by atoms with E-state index in [2.05, 4.69) is 11.2 Å². The molecule has 0 aromatic carbocycles. The Morgan fingerprint density at radius 3 is 2.55 bits per heavy atom. The van der Waals surface area contributed by atoms with Crippen LogP contribution in [0.4, 0.5) is 13.2 Å². The second kappa shape index (κ2) is 5.71. The molecule has 1 rings (SSSR count). The van der Waals surface area contributed by atoms with E-state index >= 15 is 0 Å². The van der Waals surface area contributed by atoms with Gasteiger partial charge in [0.05, 0.1) is 12.6 Å². The minimum atomic E-state index is -4.86. The predicted octanol–water partition coefficient (Wildman–Crippen LogP) is 0.463. The van der Waals surface area contributed by atoms with Gasteiger partial charge < -0.3 is 10.4 Å². The summed E-state index contributed by atoms with van der Waals surface area (Å²) in [5.41, 5.74) is -2.81. The van der Waals surface area contributed by atoms with Gasteiger partial charge in [-0.3, -0.25) is 14.5 Å². The number of hydrogen-bond donors (Lipinski definition) is 2. The first-order chi connectivity index (χ1) is 9.15. The van der Waals surface area contributed by atoms with Crippen LogP contribution in [-0.4, -0.2) is 53.7 Å². The van der Waals surface area contributed by atoms with Gasteiger partial charge in [-0.05, 0) is 13.3 Å². The van der Waals surface area contributed by atoms with Gasteiger partial charge in [0.2, 0.25) is 5.91 Å². The van der Waals surface area contributed by atoms with Gasteiger partial charge in [-0.2, -0.15) is 13.2 Å². The maximum Gasteiger partial charge on any atom is 0.406 e. The molecular weight excluding hydrogens is 277 g/mol. The van der Waals surface area contributed by atoms with Crippen molar-refractivity contribution in [2.45, 2.75) is 25.6 Å². The van der Waals surface area contributed by atoms with Crippen molar-refractivity contribution < 1.29 is 27.9 Å². The monoisotopic (exact) mass is 292 g/mol. The van der Waals surface area contributed by atoms with Crippen LogP contribution in [0.15, 0.2) is 0 Å². The number of nitrogens with one attached hydrogen (secondary N) is 1. The molecule has 2 unspecified atom stereocenters. The van der Waals surface area contributed by atoms with Crippen molar-refractivity contribution >= 4 is 11.9 Å². The molecule has 1 saturated heterocycles. The molecule has 1 aliphatic heterocycles. The SMILES string of the molecule is C#CCNC(=O)C(C)N1CCC(C(=O)O)(C(F)(F)F)C1. The van der Waals surface area contributed by atoms with Gasteiger partial charge in [0.1, 0.15) is 0 Å². The first-order valence-corrected chi connectivity index (χ1v) is 5.91. The Kier molecular flexibility index (Phi) is 4.65. The number of carbonyl (C=O) groups excluding carboxylic acids is 1. The average molecular weight is 292 g/mol. The van der Waals surface area contributed by atoms with Gasteiger partial charge in [0.15, 0.2) is 5.41 Å². The van der Waals surface area contributed by atoms with Gasteiger partial charge in [-0.25, -0.2) is 0 Å². The van der Waals surface area contributed by atoms with Gasteiger partial charge in [0, 0.05) is 13.1 Å². The molecule has 112 valence electrons. The van der Waals surface area contributed by atoms with Crippen LogP contribution in [0.3, 0.4) is 0 Å². The standard InChI is InChI=1S/C12H15F3N2O3/c1-3-5-16-9(18)8(2)17-6-4-11(7-17,10(19)20)12(13,14)15/h1,8H,4-7H2,2H3,(H,16,18)(H,19,20). The fraction of sp³-hybridized carbons (Fsp3) is 0.667. The molecule has 20 heavy (non-hydrogen) atoms. The number of halogens is 3. The van der Waals surface area contributed by atoms with Gasteiger partial charge in [-0.1, -0.05) is 5.92 Å². The quantitative estimate of drug-likeness (QED) is 0.739. The summed E-state index contributed by atoms with van der Waals surface area (Å²) >= 11 is 0. The zero-order valence-corrected chi connectivity index (χ0v) is 10.8. The molecule has 0 saturated carbocycles. The largest absolute Gasteiger partial charge is 0.481 e. The summed E-state index contributed by atoms with van der Waals surface area (Å²) in [6.07, 6.45) is -0.464. The number of likely N-dealkylation sites (tertiary alicyclic amines) is 1. The molecule has 0 aromatic rings. The lowest BCUT2D eigenvalue weighted by Gasteiger charge is -2.29. The first kappa shape index (κ1) is 16.3. The number of amides is 1. The Bertz CT molecular complexity index is 444. The third-order valence-electron chi connectivity index (χ3n) is 3.54. The van der Waals surface area contributed by atoms with Gasteiger partial charge in [-0.15, -0.1) is 6.42 Å². The van der Waals surface area contributed by atoms with Crippen LogP contribution in [0.5, 0.6) is 0 Å². The average Bonchev–Trinajstić information content (AvgIpc) is 2.80. The topological polar surface area (TPSA) is 69.6 Å². The third kappa shape index (κ3) is 2.88. The molecule has 0 spiro atoms. The molecule has 5 nitrogen and oxygen atoms in total. The second-order valence-corrected chi connectivity index (χ2v) is 4.70. The van der Waals surface area contributed by atoms with Crippen LogP contribution in [0.1, 0.15) is 13.3 Å². The molecule has 1 amide bonds. The van der Waals surface area contributed by atoms with E-state index in [0.717, 1.165) is 0 Å². The summed E-state index contributed by atoms with van der Waals surface area (Å²) in [5.74, 6) is -0.257. The molecule has 0 radical (unpaired) electrons. The fourth-order valence-corrected chi connectivity index (χ4v) is 2.15. The Balaban J connectivity index is 2.82. The van der Waals surface area contributed by atoms with Crippen molar-refractivity contribution in [3.63, 3.8) is 0 Å². The zero-order chi connectivity index (χ0) is 15.6. The zero-order valence-electron chi connectivity index (χ0n) is 10.8. The Morgan fingerprint density at radius 2 is 2.15 bits per heavy atom. The normalized spacial score (nSPS) is 24.9. The predicted molar refractivity (Wildman–Crippen MR) is 63.6 cm³/mol. The summed E-state index contributed by atoms with van der Waals surface area (Å²) in [6, 6.07) is -0.869. The molecule has 0 aliphatic carbocycles. The number of aliphatic carboxylic acids is 1. The van der Waals surface area contributed by atoms with Crippen molar-refractivity contribution in [3.05, 3.63) is 0 Å². The lowest BCUT2D eigenvalue weighted by Crippen LogP contribution is -2.50. The maximum absolute atomic E-state index is 13.0. The first-order valence-electron chi connectivity index (χ1n) is 5.91. The van der Waals surface area contributed by atoms with E-state index in [9.17, 15) is 22.8 Å². The van der Waals surface area contributed by atoms with Crippen LogP contribution in [-0.2, 0) is 9.59 Å². The molecule has 1 aliphatic rings. The molecule has 1 fully saturated rings. The van der Waals surface area contributed by atoms with Crippen LogP contribution in [0, 0.1) is 17.8 Å². The highest BCUT2D eigenvalue weighted by molar-refractivity contribution is 5.82. The van der Waals surface area contributed by atoms with Crippen LogP contribution < -0.4 is 5.32 Å². The minimum Gasteiger partial charge on any atom is -0.481 e. The number of carboxylic acids is 1. The van der Waals surface area contributed by atoms with Gasteiger partial charge >= 0.3 is 12.1 Å². The van der Waals surface area contributed by atoms with E-state index in [1.165, 1.54) is 11.8 Å². The molecular formula is C12H15F3N2O3. The summed E-state index contributed by atoms with van der Waals surface area (Å²) in [4.78, 5) is 23.9. The molecule has 8 heteroatoms. The van der Waals surface area contributed by atoms with E-state index in [4.69, 9.17) is 11.5 Å². The molecule has 0 bridgehead atoms. The van der Waals surface area contributed by atoms with Crippen molar-refractivity contribution in [3.8, 4) is 12.3 Å². The Hall–Kier alpha value is -1.75. The van der Waals surface area contributed by atoms with Crippen molar-refractivity contribution in [2.75, 3.05) is 19.6 Å². The Morgan fingerprint density at radius 1 is 1.55 bits per heavy atom. The number of alkyl halides is 3. The second-order valence-electron chi connectivity index (χ2n) is 4.70. The summed E-state index contributed by atoms with van der Waals surface area (Å²) in [5, 5.41) is 11.3. The summed E-state index contributed by atoms with van der Waals surface area (Å²) < 4.78 is 38.9. The maximum atomic E-state index is 13.0. The van der Waals surface area contributed by atoms with E-state index in [0.29, 0.717) is 0 Å².